The second-order valence-corrected chi connectivity index (χ2v) is 13.3. The van der Waals surface area contributed by atoms with Crippen molar-refractivity contribution in [2.24, 2.45) is 0 Å². The Morgan fingerprint density at radius 1 is 1.09 bits per heavy atom. The van der Waals surface area contributed by atoms with Crippen LogP contribution in [-0.2, 0) is 33.8 Å². The zero-order chi connectivity index (χ0) is 33.6. The number of carbonyl (C=O) groups is 3. The first-order valence-electron chi connectivity index (χ1n) is 16.0. The molecular formula is C35H39F3N4O5. The van der Waals surface area contributed by atoms with E-state index in [1.54, 1.807) is 64.4 Å². The molecule has 3 atom stereocenters. The van der Waals surface area contributed by atoms with Gasteiger partial charge < -0.3 is 23.8 Å². The fraction of sp³-hybridized carbons (Fsp3) is 0.486. The van der Waals surface area contributed by atoms with Gasteiger partial charge in [-0.05, 0) is 81.3 Å². The van der Waals surface area contributed by atoms with E-state index >= 15 is 4.39 Å². The molecule has 2 aromatic carbocycles. The normalized spacial score (nSPS) is 20.0. The summed E-state index contributed by atoms with van der Waals surface area (Å²) in [5, 5.41) is 0. The van der Waals surface area contributed by atoms with Crippen LogP contribution in [-0.4, -0.2) is 68.8 Å². The lowest BCUT2D eigenvalue weighted by atomic mass is 9.87. The van der Waals surface area contributed by atoms with E-state index in [0.717, 1.165) is 24.2 Å². The number of carbonyl (C=O) groups excluding carboxylic acids is 3. The van der Waals surface area contributed by atoms with E-state index in [1.807, 2.05) is 4.57 Å². The molecule has 0 radical (unpaired) electrons. The summed E-state index contributed by atoms with van der Waals surface area (Å²) in [7, 11) is 0. The van der Waals surface area contributed by atoms with Gasteiger partial charge in [0.25, 0.3) is 12.3 Å². The fourth-order valence-electron chi connectivity index (χ4n) is 6.86. The molecule has 3 aliphatic heterocycles. The van der Waals surface area contributed by atoms with Crippen LogP contribution in [0, 0.1) is 0 Å². The van der Waals surface area contributed by atoms with Crippen LogP contribution in [0.1, 0.15) is 97.4 Å². The lowest BCUT2D eigenvalue weighted by Gasteiger charge is -2.35. The van der Waals surface area contributed by atoms with E-state index in [4.69, 9.17) is 9.47 Å². The standard InChI is InChI=1S/C35H39F3N4O5/c1-5-46-33(44)30(29-28-7-6-13-41(28)19-39-29)42-17-26-24(31(37)38)15-22(16-25(26)32(42)43)20-8-10-21(11-9-20)23-12-14-40(18-27(23)36)34(45)47-35(2,3)4/h8-11,15-16,19,23,27,30-31H,5-7,12-14,17-18H2,1-4H3/t23-,27+,30?/m0/s1. The molecule has 0 bridgehead atoms. The van der Waals surface area contributed by atoms with Crippen molar-refractivity contribution in [1.29, 1.82) is 0 Å². The number of nitrogens with zero attached hydrogens (tertiary/aromatic N) is 4. The third-order valence-electron chi connectivity index (χ3n) is 9.08. The molecular weight excluding hydrogens is 613 g/mol. The molecule has 0 saturated carbocycles. The van der Waals surface area contributed by atoms with Crippen molar-refractivity contribution < 1.29 is 37.0 Å². The number of piperidine rings is 1. The van der Waals surface area contributed by atoms with Gasteiger partial charge in [0.1, 0.15) is 11.8 Å². The highest BCUT2D eigenvalue weighted by atomic mass is 19.3. The van der Waals surface area contributed by atoms with Gasteiger partial charge in [0.15, 0.2) is 6.04 Å². The van der Waals surface area contributed by atoms with Gasteiger partial charge in [-0.25, -0.2) is 27.7 Å². The van der Waals surface area contributed by atoms with E-state index in [-0.39, 0.29) is 36.4 Å². The summed E-state index contributed by atoms with van der Waals surface area (Å²) in [6.45, 7) is 7.87. The number of rotatable bonds is 7. The van der Waals surface area contributed by atoms with E-state index < -0.39 is 48.1 Å². The number of likely N-dealkylation sites (tertiary alicyclic amines) is 1. The molecule has 12 heteroatoms. The summed E-state index contributed by atoms with van der Waals surface area (Å²) in [6.07, 6.45) is -1.11. The van der Waals surface area contributed by atoms with Crippen LogP contribution in [0.2, 0.25) is 0 Å². The van der Waals surface area contributed by atoms with Crippen molar-refractivity contribution in [1.82, 2.24) is 19.4 Å². The average Bonchev–Trinajstić information content (AvgIpc) is 3.73. The van der Waals surface area contributed by atoms with Crippen LogP contribution < -0.4 is 0 Å². The number of hydrogen-bond donors (Lipinski definition) is 0. The number of hydrogen-bond acceptors (Lipinski definition) is 6. The molecule has 1 saturated heterocycles. The van der Waals surface area contributed by atoms with Gasteiger partial charge in [0, 0.05) is 42.4 Å². The van der Waals surface area contributed by atoms with E-state index in [2.05, 4.69) is 4.98 Å². The quantitative estimate of drug-likeness (QED) is 0.262. The Morgan fingerprint density at radius 3 is 2.49 bits per heavy atom. The van der Waals surface area contributed by atoms with Crippen molar-refractivity contribution in [2.45, 2.75) is 90.2 Å². The summed E-state index contributed by atoms with van der Waals surface area (Å²) in [4.78, 5) is 46.7. The second-order valence-electron chi connectivity index (χ2n) is 13.3. The fourth-order valence-corrected chi connectivity index (χ4v) is 6.86. The predicted molar refractivity (Wildman–Crippen MR) is 167 cm³/mol. The third kappa shape index (κ3) is 6.34. The number of halogens is 3. The van der Waals surface area contributed by atoms with Crippen molar-refractivity contribution in [3.05, 3.63) is 76.4 Å². The zero-order valence-corrected chi connectivity index (χ0v) is 27.0. The summed E-state index contributed by atoms with van der Waals surface area (Å²) < 4.78 is 57.0. The number of alkyl halides is 3. The van der Waals surface area contributed by atoms with E-state index in [1.165, 1.54) is 15.9 Å². The molecule has 0 spiro atoms. The SMILES string of the molecule is CCOC(=O)C(c1ncn2c1CCC2)N1Cc2c(cc(-c3ccc([C@@H]4CCN(C(=O)OC(C)(C)C)C[C@H]4F)cc3)cc2C(F)F)C1=O. The maximum atomic E-state index is 15.3. The summed E-state index contributed by atoms with van der Waals surface area (Å²) in [5.41, 5.74) is 2.29. The Kier molecular flexibility index (Phi) is 8.80. The number of imidazole rings is 1. The molecule has 9 nitrogen and oxygen atoms in total. The van der Waals surface area contributed by atoms with Gasteiger partial charge in [0.2, 0.25) is 0 Å². The van der Waals surface area contributed by atoms with Crippen LogP contribution in [0.5, 0.6) is 0 Å². The molecule has 1 fully saturated rings. The van der Waals surface area contributed by atoms with Gasteiger partial charge in [-0.2, -0.15) is 0 Å². The predicted octanol–water partition coefficient (Wildman–Crippen LogP) is 6.76. The Bertz CT molecular complexity index is 1680. The van der Waals surface area contributed by atoms with E-state index in [0.29, 0.717) is 36.2 Å². The van der Waals surface area contributed by atoms with Crippen LogP contribution in [0.15, 0.2) is 42.7 Å². The van der Waals surface area contributed by atoms with Crippen molar-refractivity contribution in [3.8, 4) is 11.1 Å². The maximum Gasteiger partial charge on any atom is 0.410 e. The minimum Gasteiger partial charge on any atom is -0.464 e. The molecule has 250 valence electrons. The average molecular weight is 653 g/mol. The lowest BCUT2D eigenvalue weighted by molar-refractivity contribution is -0.149. The molecule has 0 aliphatic carbocycles. The first-order valence-corrected chi connectivity index (χ1v) is 16.0. The summed E-state index contributed by atoms with van der Waals surface area (Å²) in [6, 6.07) is 8.77. The monoisotopic (exact) mass is 652 g/mol. The van der Waals surface area contributed by atoms with Crippen LogP contribution in [0.4, 0.5) is 18.0 Å². The highest BCUT2D eigenvalue weighted by molar-refractivity contribution is 6.02. The molecule has 47 heavy (non-hydrogen) atoms. The van der Waals surface area contributed by atoms with Crippen molar-refractivity contribution in [3.63, 3.8) is 0 Å². The number of aryl methyl sites for hydroxylation is 1. The molecule has 2 amide bonds. The second kappa shape index (κ2) is 12.7. The summed E-state index contributed by atoms with van der Waals surface area (Å²) >= 11 is 0. The maximum absolute atomic E-state index is 15.3. The molecule has 1 unspecified atom stereocenters. The third-order valence-corrected chi connectivity index (χ3v) is 9.08. The van der Waals surface area contributed by atoms with Gasteiger partial charge in [-0.15, -0.1) is 0 Å². The molecule has 3 aliphatic rings. The molecule has 4 heterocycles. The molecule has 0 N–H and O–H groups in total. The topological polar surface area (TPSA) is 94.0 Å². The number of ether oxygens (including phenoxy) is 2. The Balaban J connectivity index is 1.25. The molecule has 1 aromatic heterocycles. The van der Waals surface area contributed by atoms with Gasteiger partial charge in [-0.1, -0.05) is 24.3 Å². The number of fused-ring (bicyclic) bond motifs is 2. The Hall–Kier alpha value is -4.35. The highest BCUT2D eigenvalue weighted by Crippen LogP contribution is 2.41. The minimum absolute atomic E-state index is 0.0863. The molecule has 3 aromatic rings. The van der Waals surface area contributed by atoms with Gasteiger partial charge in [-0.3, -0.25) is 4.79 Å². The first kappa shape index (κ1) is 32.6. The van der Waals surface area contributed by atoms with E-state index in [9.17, 15) is 23.2 Å². The number of amides is 2. The Morgan fingerprint density at radius 2 is 1.83 bits per heavy atom. The minimum atomic E-state index is -2.86. The highest BCUT2D eigenvalue weighted by Gasteiger charge is 2.43. The zero-order valence-electron chi connectivity index (χ0n) is 27.0. The number of esters is 1. The summed E-state index contributed by atoms with van der Waals surface area (Å²) in [5.74, 6) is -1.64. The van der Waals surface area contributed by atoms with Crippen LogP contribution >= 0.6 is 0 Å². The smallest absolute Gasteiger partial charge is 0.410 e. The van der Waals surface area contributed by atoms with Gasteiger partial charge in [0.05, 0.1) is 25.2 Å². The van der Waals surface area contributed by atoms with Crippen LogP contribution in [0.25, 0.3) is 11.1 Å². The largest absolute Gasteiger partial charge is 0.464 e. The van der Waals surface area contributed by atoms with Gasteiger partial charge >= 0.3 is 12.1 Å². The molecule has 6 rings (SSSR count). The number of aromatic nitrogens is 2. The van der Waals surface area contributed by atoms with Crippen molar-refractivity contribution >= 4 is 18.0 Å². The van der Waals surface area contributed by atoms with Crippen LogP contribution in [0.3, 0.4) is 0 Å². The first-order chi connectivity index (χ1) is 22.4. The van der Waals surface area contributed by atoms with Crippen molar-refractivity contribution in [2.75, 3.05) is 19.7 Å². The Labute approximate surface area is 271 Å². The lowest BCUT2D eigenvalue weighted by Crippen LogP contribution is -2.46. The number of benzene rings is 2.